The summed E-state index contributed by atoms with van der Waals surface area (Å²) in [6, 6.07) is 7.15. The van der Waals surface area contributed by atoms with Crippen LogP contribution < -0.4 is 9.46 Å². The Morgan fingerprint density at radius 3 is 2.38 bits per heavy atom. The van der Waals surface area contributed by atoms with E-state index in [-0.39, 0.29) is 15.7 Å². The highest BCUT2D eigenvalue weighted by molar-refractivity contribution is 7.92. The fourth-order valence-corrected chi connectivity index (χ4v) is 3.54. The Kier molecular flexibility index (Phi) is 5.00. The van der Waals surface area contributed by atoms with Gasteiger partial charge in [-0.3, -0.25) is 4.72 Å². The molecule has 24 heavy (non-hydrogen) atoms. The van der Waals surface area contributed by atoms with Crippen molar-refractivity contribution in [3.63, 3.8) is 0 Å². The molecule has 0 unspecified atom stereocenters. The van der Waals surface area contributed by atoms with Gasteiger partial charge in [0, 0.05) is 5.02 Å². The van der Waals surface area contributed by atoms with Gasteiger partial charge in [-0.1, -0.05) is 17.7 Å². The number of alkyl halides is 3. The van der Waals surface area contributed by atoms with Crippen LogP contribution in [0.15, 0.2) is 41.3 Å². The lowest BCUT2D eigenvalue weighted by atomic mass is 10.2. The molecule has 0 spiro atoms. The molecular weight excluding hydrogens is 367 g/mol. The van der Waals surface area contributed by atoms with Crippen LogP contribution in [0, 0.1) is 6.92 Å². The van der Waals surface area contributed by atoms with Crippen LogP contribution in [0.25, 0.3) is 0 Å². The first-order valence-electron chi connectivity index (χ1n) is 6.59. The van der Waals surface area contributed by atoms with Gasteiger partial charge in [0.1, 0.15) is 10.6 Å². The first-order valence-corrected chi connectivity index (χ1v) is 8.45. The average molecular weight is 380 g/mol. The smallest absolute Gasteiger partial charge is 0.418 e. The zero-order chi connectivity index (χ0) is 18.1. The summed E-state index contributed by atoms with van der Waals surface area (Å²) >= 11 is 5.58. The number of halogens is 4. The van der Waals surface area contributed by atoms with Crippen LogP contribution in [0.5, 0.6) is 5.75 Å². The van der Waals surface area contributed by atoms with Crippen molar-refractivity contribution in [2.45, 2.75) is 18.0 Å². The molecule has 0 aromatic heterocycles. The maximum absolute atomic E-state index is 13.1. The van der Waals surface area contributed by atoms with Crippen LogP contribution >= 0.6 is 11.6 Å². The molecule has 0 bridgehead atoms. The Hall–Kier alpha value is -1.93. The van der Waals surface area contributed by atoms with Crippen molar-refractivity contribution < 1.29 is 26.3 Å². The number of benzene rings is 2. The third-order valence-electron chi connectivity index (χ3n) is 3.14. The van der Waals surface area contributed by atoms with Crippen molar-refractivity contribution in [2.24, 2.45) is 0 Å². The summed E-state index contributed by atoms with van der Waals surface area (Å²) in [5.74, 6) is 0.0237. The van der Waals surface area contributed by atoms with Crippen LogP contribution in [0.1, 0.15) is 11.1 Å². The van der Waals surface area contributed by atoms with Gasteiger partial charge in [-0.05, 0) is 42.8 Å². The van der Waals surface area contributed by atoms with E-state index in [2.05, 4.69) is 0 Å². The normalized spacial score (nSPS) is 12.1. The molecule has 0 atom stereocenters. The lowest BCUT2D eigenvalue weighted by Crippen LogP contribution is -2.18. The van der Waals surface area contributed by atoms with Crippen molar-refractivity contribution in [3.8, 4) is 5.75 Å². The Bertz CT molecular complexity index is 867. The molecule has 9 heteroatoms. The third-order valence-corrected chi connectivity index (χ3v) is 4.76. The van der Waals surface area contributed by atoms with Crippen molar-refractivity contribution in [1.29, 1.82) is 0 Å². The molecular formula is C15H13ClF3NO3S. The van der Waals surface area contributed by atoms with Gasteiger partial charge in [-0.25, -0.2) is 8.42 Å². The summed E-state index contributed by atoms with van der Waals surface area (Å²) in [5, 5.41) is -0.154. The highest BCUT2D eigenvalue weighted by atomic mass is 35.5. The molecule has 2 rings (SSSR count). The fourth-order valence-electron chi connectivity index (χ4n) is 2.03. The third kappa shape index (κ3) is 3.93. The summed E-state index contributed by atoms with van der Waals surface area (Å²) in [6.07, 6.45) is -4.76. The van der Waals surface area contributed by atoms with E-state index in [1.54, 1.807) is 13.0 Å². The number of methoxy groups -OCH3 is 1. The molecule has 0 aliphatic heterocycles. The molecule has 0 radical (unpaired) electrons. The van der Waals surface area contributed by atoms with Crippen LogP contribution in [-0.4, -0.2) is 15.5 Å². The minimum absolute atomic E-state index is 0.0237. The van der Waals surface area contributed by atoms with E-state index in [1.807, 2.05) is 4.72 Å². The molecule has 1 N–H and O–H groups in total. The minimum Gasteiger partial charge on any atom is -0.495 e. The van der Waals surface area contributed by atoms with Gasteiger partial charge >= 0.3 is 6.18 Å². The van der Waals surface area contributed by atoms with E-state index in [1.165, 1.54) is 25.3 Å². The van der Waals surface area contributed by atoms with E-state index < -0.39 is 27.5 Å². The first-order chi connectivity index (χ1) is 11.0. The summed E-state index contributed by atoms with van der Waals surface area (Å²) < 4.78 is 71.2. The van der Waals surface area contributed by atoms with Crippen molar-refractivity contribution in [2.75, 3.05) is 11.8 Å². The van der Waals surface area contributed by atoms with Gasteiger partial charge in [0.05, 0.1) is 18.4 Å². The van der Waals surface area contributed by atoms with E-state index in [9.17, 15) is 21.6 Å². The van der Waals surface area contributed by atoms with Crippen molar-refractivity contribution in [3.05, 3.63) is 52.5 Å². The van der Waals surface area contributed by atoms with E-state index in [0.717, 1.165) is 6.07 Å². The maximum Gasteiger partial charge on any atom is 0.418 e. The lowest BCUT2D eigenvalue weighted by Gasteiger charge is -2.16. The monoisotopic (exact) mass is 379 g/mol. The molecule has 2 aromatic rings. The highest BCUT2D eigenvalue weighted by Gasteiger charge is 2.35. The van der Waals surface area contributed by atoms with Gasteiger partial charge in [-0.15, -0.1) is 0 Å². The quantitative estimate of drug-likeness (QED) is 0.852. The number of aryl methyl sites for hydroxylation is 1. The van der Waals surface area contributed by atoms with Gasteiger partial charge in [-0.2, -0.15) is 13.2 Å². The standard InChI is InChI=1S/C15H13ClF3NO3S/c1-9-3-6-13(23-2)14(7-9)24(21,22)20-12-5-4-10(16)8-11(12)15(17,18)19/h3-8,20H,1-2H3. The largest absolute Gasteiger partial charge is 0.495 e. The Morgan fingerprint density at radius 2 is 1.79 bits per heavy atom. The SMILES string of the molecule is COc1ccc(C)cc1S(=O)(=O)Nc1ccc(Cl)cc1C(F)(F)F. The molecule has 0 aliphatic rings. The summed E-state index contributed by atoms with van der Waals surface area (Å²) in [6.45, 7) is 1.65. The van der Waals surface area contributed by atoms with Crippen LogP contribution in [0.4, 0.5) is 18.9 Å². The topological polar surface area (TPSA) is 55.4 Å². The number of anilines is 1. The predicted molar refractivity (Wildman–Crippen MR) is 85.0 cm³/mol. The summed E-state index contributed by atoms with van der Waals surface area (Å²) in [7, 11) is -3.02. The van der Waals surface area contributed by atoms with Gasteiger partial charge < -0.3 is 4.74 Å². The Balaban J connectivity index is 2.54. The molecule has 130 valence electrons. The first kappa shape index (κ1) is 18.4. The maximum atomic E-state index is 13.1. The van der Waals surface area contributed by atoms with Gasteiger partial charge in [0.25, 0.3) is 10.0 Å². The molecule has 2 aromatic carbocycles. The zero-order valence-electron chi connectivity index (χ0n) is 12.6. The predicted octanol–water partition coefficient (Wildman–Crippen LogP) is 4.48. The minimum atomic E-state index is -4.76. The van der Waals surface area contributed by atoms with E-state index in [0.29, 0.717) is 11.6 Å². The lowest BCUT2D eigenvalue weighted by molar-refractivity contribution is -0.136. The molecule has 0 amide bonds. The second-order valence-electron chi connectivity index (χ2n) is 4.95. The van der Waals surface area contributed by atoms with Crippen molar-refractivity contribution in [1.82, 2.24) is 0 Å². The average Bonchev–Trinajstić information content (AvgIpc) is 2.48. The number of sulfonamides is 1. The van der Waals surface area contributed by atoms with Gasteiger partial charge in [0.15, 0.2) is 0 Å². The Morgan fingerprint density at radius 1 is 1.12 bits per heavy atom. The molecule has 0 aliphatic carbocycles. The molecule has 0 saturated heterocycles. The van der Waals surface area contributed by atoms with Crippen LogP contribution in [0.3, 0.4) is 0 Å². The number of nitrogens with one attached hydrogen (secondary N) is 1. The fraction of sp³-hybridized carbons (Fsp3) is 0.200. The van der Waals surface area contributed by atoms with Crippen LogP contribution in [-0.2, 0) is 16.2 Å². The molecule has 4 nitrogen and oxygen atoms in total. The van der Waals surface area contributed by atoms with E-state index >= 15 is 0 Å². The number of ether oxygens (including phenoxy) is 1. The number of rotatable bonds is 4. The molecule has 0 fully saturated rings. The second-order valence-corrected chi connectivity index (χ2v) is 7.03. The zero-order valence-corrected chi connectivity index (χ0v) is 14.2. The number of hydrogen-bond donors (Lipinski definition) is 1. The van der Waals surface area contributed by atoms with Crippen LogP contribution in [0.2, 0.25) is 5.02 Å². The second kappa shape index (κ2) is 6.52. The summed E-state index contributed by atoms with van der Waals surface area (Å²) in [4.78, 5) is -0.256. The van der Waals surface area contributed by atoms with Crippen molar-refractivity contribution >= 4 is 27.3 Å². The Labute approximate surface area is 142 Å². The van der Waals surface area contributed by atoms with Gasteiger partial charge in [0.2, 0.25) is 0 Å². The summed E-state index contributed by atoms with van der Waals surface area (Å²) in [5.41, 5.74) is -1.18. The molecule has 0 saturated carbocycles. The highest BCUT2D eigenvalue weighted by Crippen LogP contribution is 2.38. The van der Waals surface area contributed by atoms with E-state index in [4.69, 9.17) is 16.3 Å². The molecule has 0 heterocycles. The number of hydrogen-bond acceptors (Lipinski definition) is 3.